The summed E-state index contributed by atoms with van der Waals surface area (Å²) in [6.45, 7) is 2.05. The fourth-order valence-corrected chi connectivity index (χ4v) is 3.16. The quantitative estimate of drug-likeness (QED) is 0.937. The van der Waals surface area contributed by atoms with Crippen LogP contribution in [0.3, 0.4) is 0 Å². The zero-order valence-electron chi connectivity index (χ0n) is 11.5. The van der Waals surface area contributed by atoms with E-state index in [-0.39, 0.29) is 5.92 Å². The predicted molar refractivity (Wildman–Crippen MR) is 77.0 cm³/mol. The standard InChI is InChI=1S/C15H15ClN2O3/c1-8-5-11(12(6-8)15(19)20)14-17-13(18-21-14)9-3-2-4-10(16)7-9/h2-4,7-8,11-12H,5-6H2,1H3,(H,19,20). The molecular formula is C15H15ClN2O3. The van der Waals surface area contributed by atoms with Crippen molar-refractivity contribution in [1.29, 1.82) is 0 Å². The van der Waals surface area contributed by atoms with Crippen molar-refractivity contribution < 1.29 is 14.4 Å². The van der Waals surface area contributed by atoms with E-state index in [1.54, 1.807) is 12.1 Å². The molecule has 3 atom stereocenters. The van der Waals surface area contributed by atoms with Gasteiger partial charge in [-0.15, -0.1) is 0 Å². The highest BCUT2D eigenvalue weighted by atomic mass is 35.5. The smallest absolute Gasteiger partial charge is 0.307 e. The van der Waals surface area contributed by atoms with Crippen molar-refractivity contribution in [2.45, 2.75) is 25.7 Å². The van der Waals surface area contributed by atoms with E-state index in [1.165, 1.54) is 0 Å². The summed E-state index contributed by atoms with van der Waals surface area (Å²) in [6, 6.07) is 7.17. The van der Waals surface area contributed by atoms with Crippen LogP contribution in [0.25, 0.3) is 11.4 Å². The fraction of sp³-hybridized carbons (Fsp3) is 0.400. The van der Waals surface area contributed by atoms with Gasteiger partial charge >= 0.3 is 5.97 Å². The van der Waals surface area contributed by atoms with E-state index in [0.717, 1.165) is 12.0 Å². The molecule has 0 bridgehead atoms. The molecule has 1 aliphatic carbocycles. The van der Waals surface area contributed by atoms with Crippen molar-refractivity contribution in [2.75, 3.05) is 0 Å². The molecule has 1 N–H and O–H groups in total. The SMILES string of the molecule is CC1CC(C(=O)O)C(c2nc(-c3cccc(Cl)c3)no2)C1. The van der Waals surface area contributed by atoms with Gasteiger partial charge in [0.15, 0.2) is 0 Å². The number of nitrogens with zero attached hydrogens (tertiary/aromatic N) is 2. The van der Waals surface area contributed by atoms with Gasteiger partial charge in [-0.05, 0) is 30.9 Å². The maximum Gasteiger partial charge on any atom is 0.307 e. The van der Waals surface area contributed by atoms with E-state index in [9.17, 15) is 9.90 Å². The Bertz CT molecular complexity index is 670. The monoisotopic (exact) mass is 306 g/mol. The van der Waals surface area contributed by atoms with Crippen LogP contribution in [0.15, 0.2) is 28.8 Å². The van der Waals surface area contributed by atoms with Gasteiger partial charge in [-0.1, -0.05) is 35.8 Å². The Morgan fingerprint density at radius 1 is 1.43 bits per heavy atom. The molecule has 1 saturated carbocycles. The second-order valence-corrected chi connectivity index (χ2v) is 6.03. The van der Waals surface area contributed by atoms with Crippen LogP contribution >= 0.6 is 11.6 Å². The number of carboxylic acids is 1. The van der Waals surface area contributed by atoms with Gasteiger partial charge in [0.25, 0.3) is 0 Å². The van der Waals surface area contributed by atoms with Crippen molar-refractivity contribution in [2.24, 2.45) is 11.8 Å². The molecule has 1 fully saturated rings. The van der Waals surface area contributed by atoms with Gasteiger partial charge in [-0.2, -0.15) is 4.98 Å². The van der Waals surface area contributed by atoms with E-state index in [0.29, 0.717) is 29.1 Å². The molecule has 0 saturated heterocycles. The van der Waals surface area contributed by atoms with Crippen molar-refractivity contribution in [3.05, 3.63) is 35.2 Å². The first-order valence-corrected chi connectivity index (χ1v) is 7.24. The first kappa shape index (κ1) is 14.1. The van der Waals surface area contributed by atoms with Crippen LogP contribution in [0, 0.1) is 11.8 Å². The number of carbonyl (C=O) groups is 1. The van der Waals surface area contributed by atoms with Gasteiger partial charge < -0.3 is 9.63 Å². The molecule has 1 heterocycles. The van der Waals surface area contributed by atoms with Crippen LogP contribution in [0.5, 0.6) is 0 Å². The van der Waals surface area contributed by atoms with Crippen LogP contribution in [0.1, 0.15) is 31.6 Å². The number of carboxylic acid groups (broad SMARTS) is 1. The van der Waals surface area contributed by atoms with Gasteiger partial charge in [0.05, 0.1) is 11.8 Å². The van der Waals surface area contributed by atoms with Crippen molar-refractivity contribution in [3.8, 4) is 11.4 Å². The van der Waals surface area contributed by atoms with Crippen LogP contribution in [0.4, 0.5) is 0 Å². The van der Waals surface area contributed by atoms with Gasteiger partial charge in [-0.25, -0.2) is 0 Å². The van der Waals surface area contributed by atoms with Gasteiger partial charge in [0.2, 0.25) is 11.7 Å². The first-order chi connectivity index (χ1) is 10.0. The number of aliphatic carboxylic acids is 1. The Balaban J connectivity index is 1.89. The van der Waals surface area contributed by atoms with E-state index in [1.807, 2.05) is 19.1 Å². The molecule has 1 aromatic carbocycles. The summed E-state index contributed by atoms with van der Waals surface area (Å²) in [5, 5.41) is 13.9. The van der Waals surface area contributed by atoms with Gasteiger partial charge in [0, 0.05) is 10.6 Å². The summed E-state index contributed by atoms with van der Waals surface area (Å²) in [5.74, 6) is -0.270. The second-order valence-electron chi connectivity index (χ2n) is 5.59. The Labute approximate surface area is 126 Å². The Morgan fingerprint density at radius 3 is 2.95 bits per heavy atom. The summed E-state index contributed by atoms with van der Waals surface area (Å²) < 4.78 is 5.30. The molecule has 0 radical (unpaired) electrons. The number of hydrogen-bond donors (Lipinski definition) is 1. The number of hydrogen-bond acceptors (Lipinski definition) is 4. The van der Waals surface area contributed by atoms with Crippen molar-refractivity contribution in [1.82, 2.24) is 10.1 Å². The Morgan fingerprint density at radius 2 is 2.24 bits per heavy atom. The average molecular weight is 307 g/mol. The lowest BCUT2D eigenvalue weighted by molar-refractivity contribution is -0.142. The third kappa shape index (κ3) is 2.78. The van der Waals surface area contributed by atoms with E-state index < -0.39 is 11.9 Å². The minimum atomic E-state index is -0.799. The molecule has 21 heavy (non-hydrogen) atoms. The lowest BCUT2D eigenvalue weighted by Crippen LogP contribution is -2.17. The summed E-state index contributed by atoms with van der Waals surface area (Å²) in [6.07, 6.45) is 1.41. The topological polar surface area (TPSA) is 76.2 Å². The molecule has 5 nitrogen and oxygen atoms in total. The Kier molecular flexibility index (Phi) is 3.68. The van der Waals surface area contributed by atoms with E-state index in [2.05, 4.69) is 10.1 Å². The number of aromatic nitrogens is 2. The minimum Gasteiger partial charge on any atom is -0.481 e. The zero-order chi connectivity index (χ0) is 15.0. The highest BCUT2D eigenvalue weighted by Gasteiger charge is 2.41. The van der Waals surface area contributed by atoms with Crippen molar-refractivity contribution in [3.63, 3.8) is 0 Å². The highest BCUT2D eigenvalue weighted by Crippen LogP contribution is 2.42. The van der Waals surface area contributed by atoms with Crippen LogP contribution in [-0.2, 0) is 4.79 Å². The summed E-state index contributed by atoms with van der Waals surface area (Å²) in [7, 11) is 0. The maximum absolute atomic E-state index is 11.3. The van der Waals surface area contributed by atoms with Crippen molar-refractivity contribution >= 4 is 17.6 Å². The van der Waals surface area contributed by atoms with Crippen LogP contribution in [-0.4, -0.2) is 21.2 Å². The maximum atomic E-state index is 11.3. The number of rotatable bonds is 3. The fourth-order valence-electron chi connectivity index (χ4n) is 2.97. The summed E-state index contributed by atoms with van der Waals surface area (Å²) >= 11 is 5.95. The number of halogens is 1. The summed E-state index contributed by atoms with van der Waals surface area (Å²) in [5.41, 5.74) is 0.760. The molecule has 3 rings (SSSR count). The van der Waals surface area contributed by atoms with Crippen LogP contribution in [0.2, 0.25) is 5.02 Å². The molecule has 0 aliphatic heterocycles. The lowest BCUT2D eigenvalue weighted by Gasteiger charge is -2.09. The third-order valence-corrected chi connectivity index (χ3v) is 4.19. The number of benzene rings is 1. The molecular weight excluding hydrogens is 292 g/mol. The molecule has 1 aliphatic rings. The predicted octanol–water partition coefficient (Wildman–Crippen LogP) is 3.60. The summed E-state index contributed by atoms with van der Waals surface area (Å²) in [4.78, 5) is 15.7. The van der Waals surface area contributed by atoms with Gasteiger partial charge in [-0.3, -0.25) is 4.79 Å². The van der Waals surface area contributed by atoms with Crippen LogP contribution < -0.4 is 0 Å². The molecule has 3 unspecified atom stereocenters. The lowest BCUT2D eigenvalue weighted by atomic mass is 9.96. The van der Waals surface area contributed by atoms with E-state index >= 15 is 0 Å². The molecule has 110 valence electrons. The molecule has 2 aromatic rings. The zero-order valence-corrected chi connectivity index (χ0v) is 12.2. The highest BCUT2D eigenvalue weighted by molar-refractivity contribution is 6.30. The largest absolute Gasteiger partial charge is 0.481 e. The normalized spacial score (nSPS) is 25.1. The molecule has 0 spiro atoms. The minimum absolute atomic E-state index is 0.210. The second kappa shape index (κ2) is 5.48. The molecule has 1 aromatic heterocycles. The van der Waals surface area contributed by atoms with E-state index in [4.69, 9.17) is 16.1 Å². The molecule has 6 heteroatoms. The first-order valence-electron chi connectivity index (χ1n) is 6.87. The third-order valence-electron chi connectivity index (χ3n) is 3.96. The van der Waals surface area contributed by atoms with Gasteiger partial charge in [0.1, 0.15) is 0 Å². The average Bonchev–Trinajstić information content (AvgIpc) is 3.04. The molecule has 0 amide bonds. The Hall–Kier alpha value is -1.88.